The number of halogens is 4. The molecule has 5 heterocycles. The lowest BCUT2D eigenvalue weighted by molar-refractivity contribution is 0.0974. The van der Waals surface area contributed by atoms with Gasteiger partial charge < -0.3 is 13.7 Å². The molecule has 0 atom stereocenters. The smallest absolute Gasteiger partial charge is 0.197 e. The van der Waals surface area contributed by atoms with Crippen molar-refractivity contribution in [1.29, 1.82) is 0 Å². The van der Waals surface area contributed by atoms with Crippen LogP contribution in [-0.4, -0.2) is 36.8 Å². The molecule has 7 aromatic rings. The largest absolute Gasteiger partial charge is 0.342 e. The highest BCUT2D eigenvalue weighted by Crippen LogP contribution is 2.48. The number of ketones is 4. The summed E-state index contributed by atoms with van der Waals surface area (Å²) in [5.74, 6) is -7.44. The summed E-state index contributed by atoms with van der Waals surface area (Å²) in [6.07, 6.45) is 2.90. The summed E-state index contributed by atoms with van der Waals surface area (Å²) < 4.78 is 65.0. The van der Waals surface area contributed by atoms with Crippen LogP contribution < -0.4 is 0 Å². The van der Waals surface area contributed by atoms with E-state index in [0.717, 1.165) is 65.1 Å². The van der Waals surface area contributed by atoms with E-state index in [1.165, 1.54) is 12.2 Å². The number of carbonyl (C=O) groups excluding carboxylic acids is 4. The van der Waals surface area contributed by atoms with Crippen LogP contribution in [0.4, 0.5) is 17.6 Å². The molecule has 2 aromatic carbocycles. The van der Waals surface area contributed by atoms with Gasteiger partial charge in [0, 0.05) is 54.8 Å². The SMILES string of the molecule is Cn1c(C=C2C(=O)c3cc(F)c(F)cc3C2=O)cc2sc3c4sc5cc(C=C6C(=O)c7cc(F)c(F)cc7C6=O)n(C)c5c4n(C)c3c21. The molecule has 0 N–H and O–H groups in total. The Hall–Kier alpha value is -5.40. The maximum atomic E-state index is 13.8. The predicted molar refractivity (Wildman–Crippen MR) is 175 cm³/mol. The van der Waals surface area contributed by atoms with E-state index in [9.17, 15) is 36.7 Å². The third kappa shape index (κ3) is 3.51. The van der Waals surface area contributed by atoms with Crippen LogP contribution in [0.2, 0.25) is 0 Å². The number of benzene rings is 2. The number of Topliss-reactive ketones (excluding diaryl/α,β-unsaturated/α-hetero) is 4. The Bertz CT molecular complexity index is 2560. The quantitative estimate of drug-likeness (QED) is 0.105. The van der Waals surface area contributed by atoms with Crippen molar-refractivity contribution >= 4 is 98.8 Å². The number of thiophene rings is 2. The molecule has 0 fully saturated rings. The van der Waals surface area contributed by atoms with Crippen molar-refractivity contribution in [2.75, 3.05) is 0 Å². The summed E-state index contributed by atoms with van der Waals surface area (Å²) in [4.78, 5) is 52.1. The van der Waals surface area contributed by atoms with Crippen molar-refractivity contribution < 1.29 is 36.7 Å². The average Bonchev–Trinajstić information content (AvgIpc) is 3.87. The minimum atomic E-state index is -1.20. The van der Waals surface area contributed by atoms with Crippen molar-refractivity contribution in [3.05, 3.63) is 104 Å². The van der Waals surface area contributed by atoms with E-state index in [-0.39, 0.29) is 33.4 Å². The molecule has 0 unspecified atom stereocenters. The highest BCUT2D eigenvalue weighted by Gasteiger charge is 2.36. The van der Waals surface area contributed by atoms with E-state index >= 15 is 0 Å². The number of aromatic nitrogens is 3. The number of nitrogens with zero attached hydrogens (tertiary/aromatic N) is 3. The Balaban J connectivity index is 1.16. The van der Waals surface area contributed by atoms with Gasteiger partial charge >= 0.3 is 0 Å². The summed E-state index contributed by atoms with van der Waals surface area (Å²) in [5.41, 5.74) is 3.71. The van der Waals surface area contributed by atoms with Crippen molar-refractivity contribution in [3.63, 3.8) is 0 Å². The topological polar surface area (TPSA) is 83.1 Å². The fourth-order valence-corrected chi connectivity index (χ4v) is 9.68. The van der Waals surface area contributed by atoms with Gasteiger partial charge in [-0.05, 0) is 48.6 Å². The van der Waals surface area contributed by atoms with Gasteiger partial charge in [-0.3, -0.25) is 19.2 Å². The molecular formula is C35H17F4N3O4S2. The molecule has 0 radical (unpaired) electrons. The highest BCUT2D eigenvalue weighted by atomic mass is 32.1. The van der Waals surface area contributed by atoms with E-state index < -0.39 is 46.4 Å². The Morgan fingerprint density at radius 2 is 0.792 bits per heavy atom. The van der Waals surface area contributed by atoms with E-state index in [1.807, 2.05) is 42.4 Å². The van der Waals surface area contributed by atoms with Crippen LogP contribution in [0.25, 0.3) is 53.0 Å². The number of fused-ring (bicyclic) bond motifs is 9. The zero-order valence-corrected chi connectivity index (χ0v) is 26.6. The monoisotopic (exact) mass is 683 g/mol. The van der Waals surface area contributed by atoms with Crippen LogP contribution in [0.1, 0.15) is 52.8 Å². The lowest BCUT2D eigenvalue weighted by atomic mass is 10.1. The van der Waals surface area contributed by atoms with E-state index in [1.54, 1.807) is 22.7 Å². The molecule has 9 rings (SSSR count). The Kier molecular flexibility index (Phi) is 5.61. The lowest BCUT2D eigenvalue weighted by Gasteiger charge is -2.04. The van der Waals surface area contributed by atoms with Gasteiger partial charge in [0.2, 0.25) is 0 Å². The maximum absolute atomic E-state index is 13.8. The highest BCUT2D eigenvalue weighted by molar-refractivity contribution is 7.33. The minimum Gasteiger partial charge on any atom is -0.342 e. The molecule has 236 valence electrons. The summed E-state index contributed by atoms with van der Waals surface area (Å²) in [6, 6.07) is 6.76. The Morgan fingerprint density at radius 1 is 0.479 bits per heavy atom. The predicted octanol–water partition coefficient (Wildman–Crippen LogP) is 7.92. The minimum absolute atomic E-state index is 0.165. The fraction of sp³-hybridized carbons (Fsp3) is 0.0857. The molecule has 48 heavy (non-hydrogen) atoms. The van der Waals surface area contributed by atoms with E-state index in [2.05, 4.69) is 4.57 Å². The summed E-state index contributed by atoms with van der Waals surface area (Å²) in [7, 11) is 5.55. The average molecular weight is 684 g/mol. The molecule has 0 saturated carbocycles. The molecule has 2 aliphatic carbocycles. The van der Waals surface area contributed by atoms with Gasteiger partial charge in [-0.15, -0.1) is 22.7 Å². The number of hydrogen-bond acceptors (Lipinski definition) is 6. The van der Waals surface area contributed by atoms with Crippen LogP contribution in [0.5, 0.6) is 0 Å². The third-order valence-corrected chi connectivity index (χ3v) is 11.7. The first-order chi connectivity index (χ1) is 22.8. The van der Waals surface area contributed by atoms with Gasteiger partial charge in [0.05, 0.1) is 52.0 Å². The van der Waals surface area contributed by atoms with Crippen LogP contribution >= 0.6 is 22.7 Å². The molecule has 0 spiro atoms. The van der Waals surface area contributed by atoms with Crippen LogP contribution in [0.3, 0.4) is 0 Å². The molecule has 7 nitrogen and oxygen atoms in total. The maximum Gasteiger partial charge on any atom is 0.197 e. The summed E-state index contributed by atoms with van der Waals surface area (Å²) in [6.45, 7) is 0. The number of hydrogen-bond donors (Lipinski definition) is 0. The number of rotatable bonds is 2. The Morgan fingerprint density at radius 3 is 1.10 bits per heavy atom. The second-order valence-electron chi connectivity index (χ2n) is 11.9. The first-order valence-electron chi connectivity index (χ1n) is 14.4. The standard InChI is InChI=1S/C35H17F4N3O4S2/c1-40-12(4-18-30(43)14-8-20(36)21(37)9-15(14)31(18)44)6-24-26(40)28-34(47-24)35-29(42(28)3)27-25(48-35)7-13(41(27)2)5-19-32(45)16-10-22(38)23(39)11-17(16)33(19)46/h4-11H,1-3H3. The fourth-order valence-electron chi connectivity index (χ4n) is 6.93. The number of carbonyl (C=O) groups is 4. The second kappa shape index (κ2) is 9.36. The van der Waals surface area contributed by atoms with Crippen LogP contribution in [0, 0.1) is 23.3 Å². The zero-order valence-electron chi connectivity index (χ0n) is 24.9. The van der Waals surface area contributed by atoms with Gasteiger partial charge in [-0.1, -0.05) is 0 Å². The molecule has 0 amide bonds. The molecule has 2 aliphatic rings. The van der Waals surface area contributed by atoms with E-state index in [0.29, 0.717) is 11.4 Å². The van der Waals surface area contributed by atoms with Gasteiger partial charge in [0.25, 0.3) is 0 Å². The molecule has 5 aromatic heterocycles. The van der Waals surface area contributed by atoms with Crippen molar-refractivity contribution in [1.82, 2.24) is 13.7 Å². The first-order valence-corrected chi connectivity index (χ1v) is 16.1. The van der Waals surface area contributed by atoms with E-state index in [4.69, 9.17) is 0 Å². The molecule has 13 heteroatoms. The first kappa shape index (κ1) is 28.8. The van der Waals surface area contributed by atoms with Crippen molar-refractivity contribution in [3.8, 4) is 0 Å². The molecular weight excluding hydrogens is 667 g/mol. The number of aryl methyl sites for hydroxylation is 3. The number of allylic oxidation sites excluding steroid dienone is 2. The normalized spacial score (nSPS) is 14.6. The van der Waals surface area contributed by atoms with Gasteiger partial charge in [-0.2, -0.15) is 0 Å². The third-order valence-electron chi connectivity index (χ3n) is 9.31. The summed E-state index contributed by atoms with van der Waals surface area (Å²) >= 11 is 3.09. The van der Waals surface area contributed by atoms with Gasteiger partial charge in [0.1, 0.15) is 0 Å². The second-order valence-corrected chi connectivity index (χ2v) is 14.0. The molecule has 0 bridgehead atoms. The summed E-state index contributed by atoms with van der Waals surface area (Å²) in [5, 5.41) is 0. The van der Waals surface area contributed by atoms with Gasteiger partial charge in [-0.25, -0.2) is 17.6 Å². The van der Waals surface area contributed by atoms with Crippen LogP contribution in [0.15, 0.2) is 47.5 Å². The van der Waals surface area contributed by atoms with Gasteiger partial charge in [0.15, 0.2) is 46.4 Å². The van der Waals surface area contributed by atoms with Crippen molar-refractivity contribution in [2.45, 2.75) is 0 Å². The lowest BCUT2D eigenvalue weighted by Crippen LogP contribution is -2.02. The van der Waals surface area contributed by atoms with Crippen LogP contribution in [-0.2, 0) is 21.1 Å². The zero-order chi connectivity index (χ0) is 33.7. The Labute approximate surface area is 274 Å². The molecule has 0 saturated heterocycles. The molecule has 0 aliphatic heterocycles. The van der Waals surface area contributed by atoms with Crippen molar-refractivity contribution in [2.24, 2.45) is 21.1 Å².